The molecule has 0 amide bonds. The van der Waals surface area contributed by atoms with Crippen molar-refractivity contribution in [2.24, 2.45) is 0 Å². The Morgan fingerprint density at radius 1 is 1.18 bits per heavy atom. The van der Waals surface area contributed by atoms with Crippen molar-refractivity contribution in [3.8, 4) is 0 Å². The molecule has 0 saturated heterocycles. The van der Waals surface area contributed by atoms with Crippen molar-refractivity contribution in [3.05, 3.63) is 42.0 Å². The fourth-order valence-corrected chi connectivity index (χ4v) is 1.77. The number of carbonyl (C=O) groups excluding carboxylic acids is 1. The summed E-state index contributed by atoms with van der Waals surface area (Å²) in [4.78, 5) is 11.3. The predicted octanol–water partition coefficient (Wildman–Crippen LogP) is 2.45. The van der Waals surface area contributed by atoms with Gasteiger partial charge < -0.3 is 10.4 Å². The van der Waals surface area contributed by atoms with Gasteiger partial charge in [-0.2, -0.15) is 0 Å². The van der Waals surface area contributed by atoms with E-state index >= 15 is 0 Å². The second-order valence-electron chi connectivity index (χ2n) is 3.98. The van der Waals surface area contributed by atoms with Gasteiger partial charge in [-0.25, -0.2) is 0 Å². The Bertz CT molecular complexity index is 549. The molecule has 2 rings (SSSR count). The van der Waals surface area contributed by atoms with Gasteiger partial charge in [-0.05, 0) is 35.9 Å². The number of hydrogen-bond donors (Lipinski definition) is 2. The van der Waals surface area contributed by atoms with Gasteiger partial charge in [0, 0.05) is 17.8 Å². The van der Waals surface area contributed by atoms with Crippen molar-refractivity contribution < 1.29 is 9.90 Å². The van der Waals surface area contributed by atoms with Crippen LogP contribution in [0.1, 0.15) is 17.3 Å². The van der Waals surface area contributed by atoms with Crippen LogP contribution >= 0.6 is 0 Å². The Hall–Kier alpha value is -1.87. The minimum absolute atomic E-state index is 0.0781. The van der Waals surface area contributed by atoms with Crippen molar-refractivity contribution in [2.45, 2.75) is 6.92 Å². The number of aliphatic hydroxyl groups excluding tert-OH is 1. The van der Waals surface area contributed by atoms with Gasteiger partial charge in [0.15, 0.2) is 5.78 Å². The normalized spacial score (nSPS) is 10.5. The van der Waals surface area contributed by atoms with Gasteiger partial charge >= 0.3 is 0 Å². The largest absolute Gasteiger partial charge is 0.395 e. The molecule has 0 radical (unpaired) electrons. The summed E-state index contributed by atoms with van der Waals surface area (Å²) in [7, 11) is 0. The number of carbonyl (C=O) groups is 1. The molecule has 0 aromatic heterocycles. The molecular formula is C14H15NO2. The van der Waals surface area contributed by atoms with Gasteiger partial charge in [0.2, 0.25) is 0 Å². The fourth-order valence-electron chi connectivity index (χ4n) is 1.77. The zero-order chi connectivity index (χ0) is 12.3. The topological polar surface area (TPSA) is 49.3 Å². The van der Waals surface area contributed by atoms with E-state index in [1.165, 1.54) is 0 Å². The average molecular weight is 229 g/mol. The van der Waals surface area contributed by atoms with E-state index in [-0.39, 0.29) is 12.4 Å². The van der Waals surface area contributed by atoms with E-state index in [1.807, 2.05) is 36.4 Å². The van der Waals surface area contributed by atoms with Crippen LogP contribution in [0.5, 0.6) is 0 Å². The number of Topliss-reactive ketones (excluding diaryl/α,β-unsaturated/α-hetero) is 1. The van der Waals surface area contributed by atoms with E-state index in [4.69, 9.17) is 5.11 Å². The molecule has 2 N–H and O–H groups in total. The number of benzene rings is 2. The number of ketones is 1. The van der Waals surface area contributed by atoms with Crippen LogP contribution in [0, 0.1) is 0 Å². The molecule has 0 aliphatic carbocycles. The second kappa shape index (κ2) is 4.97. The first-order chi connectivity index (χ1) is 8.20. The number of anilines is 1. The van der Waals surface area contributed by atoms with Crippen LogP contribution in [0.15, 0.2) is 36.4 Å². The molecule has 0 atom stereocenters. The smallest absolute Gasteiger partial charge is 0.159 e. The molecule has 2 aromatic carbocycles. The average Bonchev–Trinajstić information content (AvgIpc) is 2.35. The van der Waals surface area contributed by atoms with E-state index in [0.717, 1.165) is 22.0 Å². The highest BCUT2D eigenvalue weighted by molar-refractivity contribution is 5.99. The molecular weight excluding hydrogens is 214 g/mol. The minimum atomic E-state index is 0.0781. The highest BCUT2D eigenvalue weighted by atomic mass is 16.3. The van der Waals surface area contributed by atoms with E-state index in [2.05, 4.69) is 5.32 Å². The lowest BCUT2D eigenvalue weighted by atomic mass is 10.0. The molecule has 0 unspecified atom stereocenters. The third-order valence-corrected chi connectivity index (χ3v) is 2.69. The fraction of sp³-hybridized carbons (Fsp3) is 0.214. The third-order valence-electron chi connectivity index (χ3n) is 2.69. The Kier molecular flexibility index (Phi) is 3.40. The summed E-state index contributed by atoms with van der Waals surface area (Å²) in [6.45, 7) is 2.22. The SMILES string of the molecule is CC(=O)c1ccc2cc(NCCO)ccc2c1. The third kappa shape index (κ3) is 2.63. The first-order valence-corrected chi connectivity index (χ1v) is 5.60. The molecule has 17 heavy (non-hydrogen) atoms. The Morgan fingerprint density at radius 2 is 1.88 bits per heavy atom. The second-order valence-corrected chi connectivity index (χ2v) is 3.98. The molecule has 88 valence electrons. The van der Waals surface area contributed by atoms with Crippen LogP contribution < -0.4 is 5.32 Å². The maximum atomic E-state index is 11.3. The first kappa shape index (κ1) is 11.6. The number of aliphatic hydroxyl groups is 1. The van der Waals surface area contributed by atoms with Crippen LogP contribution in [0.25, 0.3) is 10.8 Å². The van der Waals surface area contributed by atoms with Crippen molar-refractivity contribution in [3.63, 3.8) is 0 Å². The highest BCUT2D eigenvalue weighted by Crippen LogP contribution is 2.20. The van der Waals surface area contributed by atoms with Crippen molar-refractivity contribution in [1.82, 2.24) is 0 Å². The van der Waals surface area contributed by atoms with Gasteiger partial charge in [-0.15, -0.1) is 0 Å². The number of fused-ring (bicyclic) bond motifs is 1. The Morgan fingerprint density at radius 3 is 2.59 bits per heavy atom. The van der Waals surface area contributed by atoms with E-state index in [1.54, 1.807) is 6.92 Å². The van der Waals surface area contributed by atoms with Crippen LogP contribution in [-0.2, 0) is 0 Å². The molecule has 0 saturated carbocycles. The van der Waals surface area contributed by atoms with Gasteiger partial charge in [-0.3, -0.25) is 4.79 Å². The summed E-state index contributed by atoms with van der Waals surface area (Å²) in [6.07, 6.45) is 0. The summed E-state index contributed by atoms with van der Waals surface area (Å²) in [5, 5.41) is 14.0. The zero-order valence-corrected chi connectivity index (χ0v) is 9.73. The summed E-state index contributed by atoms with van der Waals surface area (Å²) in [6, 6.07) is 11.6. The Labute approximate surface area is 100 Å². The van der Waals surface area contributed by atoms with Gasteiger partial charge in [0.05, 0.1) is 6.61 Å². The van der Waals surface area contributed by atoms with Gasteiger partial charge in [-0.1, -0.05) is 18.2 Å². The monoisotopic (exact) mass is 229 g/mol. The lowest BCUT2D eigenvalue weighted by Gasteiger charge is -2.06. The summed E-state index contributed by atoms with van der Waals surface area (Å²) >= 11 is 0. The molecule has 0 aliphatic heterocycles. The van der Waals surface area contributed by atoms with Gasteiger partial charge in [0.1, 0.15) is 0 Å². The molecule has 0 aliphatic rings. The lowest BCUT2D eigenvalue weighted by Crippen LogP contribution is -2.05. The van der Waals surface area contributed by atoms with E-state index in [9.17, 15) is 4.79 Å². The van der Waals surface area contributed by atoms with Crippen LogP contribution in [-0.4, -0.2) is 24.0 Å². The molecule has 3 heteroatoms. The van der Waals surface area contributed by atoms with Crippen LogP contribution in [0.4, 0.5) is 5.69 Å². The Balaban J connectivity index is 2.36. The van der Waals surface area contributed by atoms with Gasteiger partial charge in [0.25, 0.3) is 0 Å². The first-order valence-electron chi connectivity index (χ1n) is 5.60. The maximum absolute atomic E-state index is 11.3. The van der Waals surface area contributed by atoms with Crippen molar-refractivity contribution >= 4 is 22.2 Å². The van der Waals surface area contributed by atoms with Crippen LogP contribution in [0.3, 0.4) is 0 Å². The predicted molar refractivity (Wildman–Crippen MR) is 69.5 cm³/mol. The van der Waals surface area contributed by atoms with Crippen LogP contribution in [0.2, 0.25) is 0 Å². The summed E-state index contributed by atoms with van der Waals surface area (Å²) in [5.41, 5.74) is 1.70. The molecule has 0 fully saturated rings. The van der Waals surface area contributed by atoms with E-state index in [0.29, 0.717) is 6.54 Å². The minimum Gasteiger partial charge on any atom is -0.395 e. The summed E-state index contributed by atoms with van der Waals surface area (Å²) in [5.74, 6) is 0.0781. The van der Waals surface area contributed by atoms with Crippen molar-refractivity contribution in [1.29, 1.82) is 0 Å². The number of hydrogen-bond acceptors (Lipinski definition) is 3. The summed E-state index contributed by atoms with van der Waals surface area (Å²) < 4.78 is 0. The quantitative estimate of drug-likeness (QED) is 0.792. The lowest BCUT2D eigenvalue weighted by molar-refractivity contribution is 0.101. The molecule has 0 spiro atoms. The molecule has 3 nitrogen and oxygen atoms in total. The van der Waals surface area contributed by atoms with Crippen molar-refractivity contribution in [2.75, 3.05) is 18.5 Å². The molecule has 0 bridgehead atoms. The highest BCUT2D eigenvalue weighted by Gasteiger charge is 2.01. The standard InChI is InChI=1S/C14H15NO2/c1-10(17)11-2-3-13-9-14(15-6-7-16)5-4-12(13)8-11/h2-5,8-9,15-16H,6-7H2,1H3. The number of rotatable bonds is 4. The molecule has 2 aromatic rings. The molecule has 0 heterocycles. The number of nitrogens with one attached hydrogen (secondary N) is 1. The maximum Gasteiger partial charge on any atom is 0.159 e. The zero-order valence-electron chi connectivity index (χ0n) is 9.73. The van der Waals surface area contributed by atoms with E-state index < -0.39 is 0 Å².